The van der Waals surface area contributed by atoms with Gasteiger partial charge in [0.25, 0.3) is 0 Å². The molecule has 2 rings (SSSR count). The van der Waals surface area contributed by atoms with Gasteiger partial charge in [-0.3, -0.25) is 4.79 Å². The normalized spacial score (nSPS) is 10.1. The van der Waals surface area contributed by atoms with Crippen LogP contribution >= 0.6 is 15.9 Å². The summed E-state index contributed by atoms with van der Waals surface area (Å²) < 4.78 is 5.90. The van der Waals surface area contributed by atoms with E-state index in [1.807, 2.05) is 18.2 Å². The molecule has 2 N–H and O–H groups in total. The Balaban J connectivity index is 2.52. The molecule has 4 heteroatoms. The van der Waals surface area contributed by atoms with Crippen LogP contribution in [0.15, 0.2) is 46.9 Å². The molecule has 0 spiro atoms. The van der Waals surface area contributed by atoms with Crippen LogP contribution in [0.2, 0.25) is 0 Å². The second-order valence-electron chi connectivity index (χ2n) is 3.76. The number of hydrogen-bond donors (Lipinski definition) is 1. The maximum Gasteiger partial charge on any atom is 0.195 e. The van der Waals surface area contributed by atoms with Gasteiger partial charge in [0.05, 0.1) is 18.4 Å². The van der Waals surface area contributed by atoms with Crippen LogP contribution in [-0.4, -0.2) is 12.9 Å². The number of benzene rings is 2. The smallest absolute Gasteiger partial charge is 0.195 e. The molecule has 0 unspecified atom stereocenters. The maximum absolute atomic E-state index is 12.3. The molecule has 0 aliphatic carbocycles. The summed E-state index contributed by atoms with van der Waals surface area (Å²) in [5, 5.41) is 0. The molecule has 0 radical (unpaired) electrons. The van der Waals surface area contributed by atoms with Gasteiger partial charge in [0.2, 0.25) is 0 Å². The van der Waals surface area contributed by atoms with Gasteiger partial charge in [-0.25, -0.2) is 0 Å². The predicted molar refractivity (Wildman–Crippen MR) is 75.0 cm³/mol. The largest absolute Gasteiger partial charge is 0.495 e. The van der Waals surface area contributed by atoms with Crippen molar-refractivity contribution in [2.75, 3.05) is 12.8 Å². The zero-order valence-corrected chi connectivity index (χ0v) is 11.4. The quantitative estimate of drug-likeness (QED) is 0.699. The highest BCUT2D eigenvalue weighted by Crippen LogP contribution is 2.31. The molecular formula is C14H12BrNO2. The Kier molecular flexibility index (Phi) is 3.67. The Labute approximate surface area is 114 Å². The van der Waals surface area contributed by atoms with E-state index < -0.39 is 0 Å². The van der Waals surface area contributed by atoms with Crippen molar-refractivity contribution in [1.29, 1.82) is 0 Å². The van der Waals surface area contributed by atoms with Crippen molar-refractivity contribution in [3.8, 4) is 5.75 Å². The summed E-state index contributed by atoms with van der Waals surface area (Å²) in [5.41, 5.74) is 7.33. The van der Waals surface area contributed by atoms with E-state index in [0.29, 0.717) is 22.6 Å². The predicted octanol–water partition coefficient (Wildman–Crippen LogP) is 3.27. The number of carbonyl (C=O) groups excluding carboxylic acids is 1. The molecule has 2 aromatic rings. The van der Waals surface area contributed by atoms with Gasteiger partial charge in [-0.15, -0.1) is 0 Å². The third-order valence-electron chi connectivity index (χ3n) is 2.61. The standard InChI is InChI=1S/C14H12BrNO2/c1-18-12-8-10(15)7-11(13(12)16)14(17)9-5-3-2-4-6-9/h2-8H,16H2,1H3. The number of methoxy groups -OCH3 is 1. The first-order chi connectivity index (χ1) is 8.63. The van der Waals surface area contributed by atoms with Crippen molar-refractivity contribution in [1.82, 2.24) is 0 Å². The van der Waals surface area contributed by atoms with Crippen molar-refractivity contribution in [3.05, 3.63) is 58.1 Å². The summed E-state index contributed by atoms with van der Waals surface area (Å²) in [6, 6.07) is 12.5. The van der Waals surface area contributed by atoms with Crippen LogP contribution in [0.25, 0.3) is 0 Å². The maximum atomic E-state index is 12.3. The van der Waals surface area contributed by atoms with E-state index in [1.54, 1.807) is 24.3 Å². The van der Waals surface area contributed by atoms with Crippen LogP contribution in [0.1, 0.15) is 15.9 Å². The second-order valence-corrected chi connectivity index (χ2v) is 4.68. The molecule has 0 saturated carbocycles. The summed E-state index contributed by atoms with van der Waals surface area (Å²) in [4.78, 5) is 12.3. The number of ketones is 1. The molecule has 0 atom stereocenters. The highest BCUT2D eigenvalue weighted by atomic mass is 79.9. The van der Waals surface area contributed by atoms with Crippen LogP contribution in [0.3, 0.4) is 0 Å². The minimum atomic E-state index is -0.118. The van der Waals surface area contributed by atoms with Gasteiger partial charge in [-0.05, 0) is 12.1 Å². The van der Waals surface area contributed by atoms with Gasteiger partial charge in [0, 0.05) is 10.0 Å². The lowest BCUT2D eigenvalue weighted by atomic mass is 10.0. The summed E-state index contributed by atoms with van der Waals surface area (Å²) >= 11 is 3.34. The molecule has 0 bridgehead atoms. The van der Waals surface area contributed by atoms with Crippen LogP contribution in [0, 0.1) is 0 Å². The molecule has 0 amide bonds. The van der Waals surface area contributed by atoms with Crippen molar-refractivity contribution in [3.63, 3.8) is 0 Å². The van der Waals surface area contributed by atoms with Gasteiger partial charge < -0.3 is 10.5 Å². The van der Waals surface area contributed by atoms with E-state index in [2.05, 4.69) is 15.9 Å². The number of nitrogen functional groups attached to an aromatic ring is 1. The third kappa shape index (κ3) is 2.38. The molecule has 92 valence electrons. The number of rotatable bonds is 3. The summed E-state index contributed by atoms with van der Waals surface area (Å²) in [6.07, 6.45) is 0. The molecule has 0 aromatic heterocycles. The van der Waals surface area contributed by atoms with E-state index >= 15 is 0 Å². The molecule has 2 aromatic carbocycles. The first-order valence-corrected chi connectivity index (χ1v) is 6.15. The number of carbonyl (C=O) groups is 1. The van der Waals surface area contributed by atoms with Crippen molar-refractivity contribution >= 4 is 27.4 Å². The molecule has 18 heavy (non-hydrogen) atoms. The SMILES string of the molecule is COc1cc(Br)cc(C(=O)c2ccccc2)c1N. The fraction of sp³-hybridized carbons (Fsp3) is 0.0714. The van der Waals surface area contributed by atoms with E-state index in [-0.39, 0.29) is 5.78 Å². The van der Waals surface area contributed by atoms with Crippen LogP contribution in [-0.2, 0) is 0 Å². The van der Waals surface area contributed by atoms with Crippen LogP contribution in [0.5, 0.6) is 5.75 Å². The lowest BCUT2D eigenvalue weighted by molar-refractivity contribution is 0.103. The lowest BCUT2D eigenvalue weighted by Gasteiger charge is -2.10. The molecule has 0 fully saturated rings. The minimum Gasteiger partial charge on any atom is -0.495 e. The van der Waals surface area contributed by atoms with Crippen LogP contribution < -0.4 is 10.5 Å². The monoisotopic (exact) mass is 305 g/mol. The van der Waals surface area contributed by atoms with E-state index in [9.17, 15) is 4.79 Å². The minimum absolute atomic E-state index is 0.118. The van der Waals surface area contributed by atoms with Gasteiger partial charge in [0.1, 0.15) is 5.75 Å². The van der Waals surface area contributed by atoms with Crippen molar-refractivity contribution in [2.45, 2.75) is 0 Å². The third-order valence-corrected chi connectivity index (χ3v) is 3.07. The van der Waals surface area contributed by atoms with Gasteiger partial charge >= 0.3 is 0 Å². The molecule has 0 aliphatic heterocycles. The van der Waals surface area contributed by atoms with Crippen molar-refractivity contribution < 1.29 is 9.53 Å². The molecule has 0 heterocycles. The first kappa shape index (κ1) is 12.6. The Bertz CT molecular complexity index is 582. The summed E-state index contributed by atoms with van der Waals surface area (Å²) in [5.74, 6) is 0.372. The first-order valence-electron chi connectivity index (χ1n) is 5.36. The van der Waals surface area contributed by atoms with E-state index in [0.717, 1.165) is 4.47 Å². The highest BCUT2D eigenvalue weighted by Gasteiger charge is 2.16. The van der Waals surface area contributed by atoms with Gasteiger partial charge in [0.15, 0.2) is 5.78 Å². The lowest BCUT2D eigenvalue weighted by Crippen LogP contribution is -2.06. The average Bonchev–Trinajstić information content (AvgIpc) is 2.41. The second kappa shape index (κ2) is 5.23. The average molecular weight is 306 g/mol. The summed E-state index contributed by atoms with van der Waals surface area (Å²) in [7, 11) is 1.52. The Morgan fingerprint density at radius 3 is 2.50 bits per heavy atom. The number of ether oxygens (including phenoxy) is 1. The highest BCUT2D eigenvalue weighted by molar-refractivity contribution is 9.10. The zero-order valence-electron chi connectivity index (χ0n) is 9.81. The fourth-order valence-corrected chi connectivity index (χ4v) is 2.13. The van der Waals surface area contributed by atoms with Crippen LogP contribution in [0.4, 0.5) is 5.69 Å². The topological polar surface area (TPSA) is 52.3 Å². The fourth-order valence-electron chi connectivity index (χ4n) is 1.69. The van der Waals surface area contributed by atoms with Gasteiger partial charge in [-0.2, -0.15) is 0 Å². The molecular weight excluding hydrogens is 294 g/mol. The molecule has 0 saturated heterocycles. The zero-order chi connectivity index (χ0) is 13.1. The summed E-state index contributed by atoms with van der Waals surface area (Å²) in [6.45, 7) is 0. The number of nitrogens with two attached hydrogens (primary N) is 1. The Morgan fingerprint density at radius 2 is 1.89 bits per heavy atom. The van der Waals surface area contributed by atoms with Gasteiger partial charge in [-0.1, -0.05) is 46.3 Å². The number of halogens is 1. The molecule has 0 aliphatic rings. The number of anilines is 1. The Morgan fingerprint density at radius 1 is 1.22 bits per heavy atom. The van der Waals surface area contributed by atoms with Crippen molar-refractivity contribution in [2.24, 2.45) is 0 Å². The molecule has 3 nitrogen and oxygen atoms in total. The van der Waals surface area contributed by atoms with E-state index in [1.165, 1.54) is 7.11 Å². The number of hydrogen-bond acceptors (Lipinski definition) is 3. The Hall–Kier alpha value is -1.81. The van der Waals surface area contributed by atoms with E-state index in [4.69, 9.17) is 10.5 Å².